The van der Waals surface area contributed by atoms with Crippen molar-refractivity contribution in [2.75, 3.05) is 6.54 Å². The van der Waals surface area contributed by atoms with Crippen LogP contribution >= 0.6 is 0 Å². The van der Waals surface area contributed by atoms with Crippen molar-refractivity contribution in [3.8, 4) is 11.4 Å². The van der Waals surface area contributed by atoms with Crippen LogP contribution in [-0.2, 0) is 6.18 Å². The number of aryl methyl sites for hydroxylation is 1. The fourth-order valence-electron chi connectivity index (χ4n) is 3.67. The van der Waals surface area contributed by atoms with Crippen molar-refractivity contribution in [2.45, 2.75) is 38.4 Å². The summed E-state index contributed by atoms with van der Waals surface area (Å²) in [6.45, 7) is 2.45. The number of benzene rings is 2. The van der Waals surface area contributed by atoms with Gasteiger partial charge in [0.25, 0.3) is 5.91 Å². The predicted octanol–water partition coefficient (Wildman–Crippen LogP) is 5.43. The Morgan fingerprint density at radius 2 is 1.90 bits per heavy atom. The molecule has 0 saturated carbocycles. The molecule has 0 bridgehead atoms. The van der Waals surface area contributed by atoms with Gasteiger partial charge in [-0.2, -0.15) is 18.2 Å². The molecule has 1 fully saturated rings. The molecule has 1 aliphatic rings. The molecule has 1 aromatic heterocycles. The molecule has 156 valence electrons. The summed E-state index contributed by atoms with van der Waals surface area (Å²) < 4.78 is 43.9. The fourth-order valence-corrected chi connectivity index (χ4v) is 3.67. The monoisotopic (exact) mass is 415 g/mol. The summed E-state index contributed by atoms with van der Waals surface area (Å²) in [5, 5.41) is 4.06. The highest BCUT2D eigenvalue weighted by Gasteiger charge is 2.34. The molecule has 1 saturated heterocycles. The number of hydrogen-bond donors (Lipinski definition) is 0. The topological polar surface area (TPSA) is 59.2 Å². The molecule has 4 rings (SSSR count). The lowest BCUT2D eigenvalue weighted by molar-refractivity contribution is -0.137. The van der Waals surface area contributed by atoms with E-state index < -0.39 is 17.8 Å². The standard InChI is InChI=1S/C22H20F3N3O2/c1-14-5-4-6-16(13-14)19-26-20(30-27-19)18-7-2-3-12-28(18)21(29)15-8-10-17(11-9-15)22(23,24)25/h4-6,8-11,13,18H,2-3,7,12H2,1H3. The van der Waals surface area contributed by atoms with E-state index in [1.54, 1.807) is 4.90 Å². The summed E-state index contributed by atoms with van der Waals surface area (Å²) in [7, 11) is 0. The van der Waals surface area contributed by atoms with Crippen molar-refractivity contribution < 1.29 is 22.5 Å². The van der Waals surface area contributed by atoms with Gasteiger partial charge < -0.3 is 9.42 Å². The number of carbonyl (C=O) groups is 1. The zero-order chi connectivity index (χ0) is 21.3. The average molecular weight is 415 g/mol. The number of rotatable bonds is 3. The second-order valence-corrected chi connectivity index (χ2v) is 7.41. The maximum atomic E-state index is 13.0. The molecule has 2 aromatic carbocycles. The Morgan fingerprint density at radius 3 is 2.60 bits per heavy atom. The smallest absolute Gasteiger partial charge is 0.337 e. The molecule has 1 atom stereocenters. The Kier molecular flexibility index (Phi) is 5.32. The number of amides is 1. The Balaban J connectivity index is 1.58. The minimum Gasteiger partial charge on any atom is -0.337 e. The Hall–Kier alpha value is -3.16. The van der Waals surface area contributed by atoms with E-state index in [1.807, 2.05) is 31.2 Å². The van der Waals surface area contributed by atoms with E-state index >= 15 is 0 Å². The first-order chi connectivity index (χ1) is 14.3. The average Bonchev–Trinajstić information content (AvgIpc) is 3.23. The van der Waals surface area contributed by atoms with Gasteiger partial charge in [0.1, 0.15) is 6.04 Å². The van der Waals surface area contributed by atoms with Crippen LogP contribution in [0.25, 0.3) is 11.4 Å². The van der Waals surface area contributed by atoms with Gasteiger partial charge in [0, 0.05) is 17.7 Å². The van der Waals surface area contributed by atoms with Crippen molar-refractivity contribution in [3.05, 3.63) is 71.1 Å². The summed E-state index contributed by atoms with van der Waals surface area (Å²) in [5.74, 6) is 0.441. The second-order valence-electron chi connectivity index (χ2n) is 7.41. The lowest BCUT2D eigenvalue weighted by Gasteiger charge is -2.33. The molecule has 0 N–H and O–H groups in total. The lowest BCUT2D eigenvalue weighted by Crippen LogP contribution is -2.38. The van der Waals surface area contributed by atoms with Gasteiger partial charge in [-0.05, 0) is 56.5 Å². The van der Waals surface area contributed by atoms with E-state index in [4.69, 9.17) is 4.52 Å². The van der Waals surface area contributed by atoms with E-state index in [9.17, 15) is 18.0 Å². The SMILES string of the molecule is Cc1cccc(-c2noc(C3CCCCN3C(=O)c3ccc(C(F)(F)F)cc3)n2)c1. The number of likely N-dealkylation sites (tertiary alicyclic amines) is 1. The van der Waals surface area contributed by atoms with Crippen LogP contribution in [0.3, 0.4) is 0 Å². The first-order valence-electron chi connectivity index (χ1n) is 9.72. The van der Waals surface area contributed by atoms with E-state index in [1.165, 1.54) is 12.1 Å². The van der Waals surface area contributed by atoms with Crippen LogP contribution in [-0.4, -0.2) is 27.5 Å². The minimum atomic E-state index is -4.44. The van der Waals surface area contributed by atoms with Crippen LogP contribution in [0.4, 0.5) is 13.2 Å². The number of aromatic nitrogens is 2. The molecule has 0 aliphatic carbocycles. The number of hydrogen-bond acceptors (Lipinski definition) is 4. The summed E-state index contributed by atoms with van der Waals surface area (Å²) in [4.78, 5) is 19.1. The zero-order valence-electron chi connectivity index (χ0n) is 16.3. The zero-order valence-corrected chi connectivity index (χ0v) is 16.3. The summed E-state index contributed by atoms with van der Waals surface area (Å²) in [6, 6.07) is 11.6. The molecular weight excluding hydrogens is 395 g/mol. The Morgan fingerprint density at radius 1 is 1.13 bits per heavy atom. The number of carbonyl (C=O) groups excluding carboxylic acids is 1. The van der Waals surface area contributed by atoms with Crippen LogP contribution in [0.15, 0.2) is 53.1 Å². The highest BCUT2D eigenvalue weighted by Crippen LogP contribution is 2.33. The molecule has 8 heteroatoms. The van der Waals surface area contributed by atoms with Crippen molar-refractivity contribution in [3.63, 3.8) is 0 Å². The molecule has 2 heterocycles. The highest BCUT2D eigenvalue weighted by molar-refractivity contribution is 5.94. The van der Waals surface area contributed by atoms with Gasteiger partial charge in [0.15, 0.2) is 0 Å². The van der Waals surface area contributed by atoms with Crippen molar-refractivity contribution in [2.24, 2.45) is 0 Å². The predicted molar refractivity (Wildman–Crippen MR) is 104 cm³/mol. The quantitative estimate of drug-likeness (QED) is 0.572. The minimum absolute atomic E-state index is 0.202. The third-order valence-corrected chi connectivity index (χ3v) is 5.23. The van der Waals surface area contributed by atoms with Crippen molar-refractivity contribution in [1.82, 2.24) is 15.0 Å². The van der Waals surface area contributed by atoms with E-state index in [0.29, 0.717) is 24.7 Å². The lowest BCUT2D eigenvalue weighted by atomic mass is 10.00. The largest absolute Gasteiger partial charge is 0.416 e. The molecular formula is C22H20F3N3O2. The Bertz CT molecular complexity index is 1040. The molecule has 0 radical (unpaired) electrons. The summed E-state index contributed by atoms with van der Waals surface area (Å²) in [5.41, 5.74) is 1.30. The molecule has 1 unspecified atom stereocenters. The van der Waals surface area contributed by atoms with Crippen LogP contribution in [0.1, 0.15) is 52.7 Å². The van der Waals surface area contributed by atoms with Crippen LogP contribution in [0.5, 0.6) is 0 Å². The van der Waals surface area contributed by atoms with E-state index in [2.05, 4.69) is 10.1 Å². The van der Waals surface area contributed by atoms with Crippen molar-refractivity contribution >= 4 is 5.91 Å². The fraction of sp³-hybridized carbons (Fsp3) is 0.318. The maximum absolute atomic E-state index is 13.0. The molecule has 1 aliphatic heterocycles. The third-order valence-electron chi connectivity index (χ3n) is 5.23. The summed E-state index contributed by atoms with van der Waals surface area (Å²) in [6.07, 6.45) is -2.08. The van der Waals surface area contributed by atoms with Gasteiger partial charge in [-0.3, -0.25) is 4.79 Å². The Labute approximate surface area is 171 Å². The van der Waals surface area contributed by atoms with E-state index in [0.717, 1.165) is 36.1 Å². The van der Waals surface area contributed by atoms with Gasteiger partial charge in [0.2, 0.25) is 11.7 Å². The molecule has 30 heavy (non-hydrogen) atoms. The van der Waals surface area contributed by atoms with E-state index in [-0.39, 0.29) is 11.5 Å². The first kappa shape index (κ1) is 20.1. The van der Waals surface area contributed by atoms with Gasteiger partial charge in [0.05, 0.1) is 5.56 Å². The number of nitrogens with zero attached hydrogens (tertiary/aromatic N) is 3. The summed E-state index contributed by atoms with van der Waals surface area (Å²) >= 11 is 0. The van der Waals surface area contributed by atoms with Gasteiger partial charge in [-0.25, -0.2) is 0 Å². The molecule has 0 spiro atoms. The first-order valence-corrected chi connectivity index (χ1v) is 9.72. The van der Waals surface area contributed by atoms with Gasteiger partial charge in [-0.15, -0.1) is 0 Å². The van der Waals surface area contributed by atoms with Gasteiger partial charge >= 0.3 is 6.18 Å². The second kappa shape index (κ2) is 7.93. The van der Waals surface area contributed by atoms with Crippen molar-refractivity contribution in [1.29, 1.82) is 0 Å². The molecule has 5 nitrogen and oxygen atoms in total. The number of piperidine rings is 1. The van der Waals surface area contributed by atoms with Crippen LogP contribution in [0, 0.1) is 6.92 Å². The number of alkyl halides is 3. The number of halogens is 3. The maximum Gasteiger partial charge on any atom is 0.416 e. The van der Waals surface area contributed by atoms with Crippen LogP contribution in [0.2, 0.25) is 0 Å². The normalized spacial score (nSPS) is 17.2. The third kappa shape index (κ3) is 4.08. The highest BCUT2D eigenvalue weighted by atomic mass is 19.4. The van der Waals surface area contributed by atoms with Gasteiger partial charge in [-0.1, -0.05) is 28.9 Å². The molecule has 3 aromatic rings. The van der Waals surface area contributed by atoms with Crippen LogP contribution < -0.4 is 0 Å². The molecule has 1 amide bonds.